The molecule has 3 heterocycles. The molecular weight excluding hydrogens is 543 g/mol. The number of piperidine rings is 1. The minimum Gasteiger partial charge on any atom is -0.505 e. The normalized spacial score (nSPS) is 21.4. The van der Waals surface area contributed by atoms with E-state index in [0.29, 0.717) is 35.1 Å². The van der Waals surface area contributed by atoms with E-state index in [4.69, 9.17) is 9.72 Å². The third-order valence-electron chi connectivity index (χ3n) is 10.2. The number of likely N-dealkylation sites (tertiary alicyclic amines) is 1. The van der Waals surface area contributed by atoms with Crippen molar-refractivity contribution in [1.82, 2.24) is 19.0 Å². The van der Waals surface area contributed by atoms with E-state index in [9.17, 15) is 14.3 Å². The van der Waals surface area contributed by atoms with Crippen molar-refractivity contribution in [2.75, 3.05) is 13.7 Å². The number of benzene rings is 3. The number of methoxy groups -OCH3 is 1. The van der Waals surface area contributed by atoms with Crippen LogP contribution in [-0.2, 0) is 13.6 Å². The fourth-order valence-electron chi connectivity index (χ4n) is 7.59. The molecule has 220 valence electrons. The molecule has 2 bridgehead atoms. The van der Waals surface area contributed by atoms with Crippen LogP contribution in [0.5, 0.6) is 11.5 Å². The lowest BCUT2D eigenvalue weighted by atomic mass is 10.0. The molecule has 2 aliphatic carbocycles. The fraction of sp³-hybridized carbons (Fsp3) is 0.371. The Balaban J connectivity index is 1.24. The summed E-state index contributed by atoms with van der Waals surface area (Å²) in [4.78, 5) is 20.9. The van der Waals surface area contributed by atoms with E-state index in [0.717, 1.165) is 64.1 Å². The van der Waals surface area contributed by atoms with E-state index in [1.54, 1.807) is 13.2 Å². The van der Waals surface area contributed by atoms with E-state index in [1.165, 1.54) is 31.4 Å². The lowest BCUT2D eigenvalue weighted by Gasteiger charge is -2.27. The standard InChI is InChI=1S/C35H35FN4O3/c1-19-24-9-11-28(19)40(18-24)35(42)25-12-27-33(32(16-25)43-3)38(2)34(37-27)30-14-23-7-6-21(22-8-10-26(36)31(41)15-22)13-29(23)39(30)17-20-4-5-20/h6-8,10,12-16,19-20,24,28,41H,4-5,9,11,17-18H2,1-3H3/t19-,24?,28?/m1/s1. The van der Waals surface area contributed by atoms with Crippen molar-refractivity contribution in [1.29, 1.82) is 0 Å². The van der Waals surface area contributed by atoms with Crippen molar-refractivity contribution in [3.8, 4) is 34.1 Å². The maximum absolute atomic E-state index is 13.8. The van der Waals surface area contributed by atoms with Crippen molar-refractivity contribution < 1.29 is 19.0 Å². The van der Waals surface area contributed by atoms with Crippen LogP contribution in [0.2, 0.25) is 0 Å². The summed E-state index contributed by atoms with van der Waals surface area (Å²) in [6.45, 7) is 3.98. The van der Waals surface area contributed by atoms with Gasteiger partial charge in [-0.05, 0) is 91.0 Å². The lowest BCUT2D eigenvalue weighted by Crippen LogP contribution is -2.38. The van der Waals surface area contributed by atoms with Gasteiger partial charge in [0.25, 0.3) is 5.91 Å². The minimum absolute atomic E-state index is 0.0636. The van der Waals surface area contributed by atoms with Crippen molar-refractivity contribution in [3.05, 3.63) is 66.0 Å². The van der Waals surface area contributed by atoms with E-state index >= 15 is 0 Å². The number of imidazole rings is 1. The topological polar surface area (TPSA) is 72.5 Å². The molecule has 3 aromatic carbocycles. The molecule has 3 aliphatic rings. The molecule has 8 heteroatoms. The zero-order chi connectivity index (χ0) is 29.6. The molecule has 0 spiro atoms. The van der Waals surface area contributed by atoms with Crippen LogP contribution in [-0.4, -0.2) is 49.7 Å². The van der Waals surface area contributed by atoms with Gasteiger partial charge >= 0.3 is 0 Å². The average molecular weight is 579 g/mol. The first-order valence-electron chi connectivity index (χ1n) is 15.3. The summed E-state index contributed by atoms with van der Waals surface area (Å²) in [7, 11) is 3.65. The van der Waals surface area contributed by atoms with Gasteiger partial charge in [-0.2, -0.15) is 0 Å². The molecule has 1 amide bonds. The Bertz CT molecular complexity index is 1940. The molecule has 2 saturated carbocycles. The maximum Gasteiger partial charge on any atom is 0.254 e. The van der Waals surface area contributed by atoms with Gasteiger partial charge in [-0.25, -0.2) is 9.37 Å². The summed E-state index contributed by atoms with van der Waals surface area (Å²) in [6, 6.07) is 16.9. The number of aromatic nitrogens is 3. The van der Waals surface area contributed by atoms with Gasteiger partial charge in [0.1, 0.15) is 11.3 Å². The second-order valence-electron chi connectivity index (χ2n) is 12.8. The van der Waals surface area contributed by atoms with Gasteiger partial charge in [-0.1, -0.05) is 25.1 Å². The molecule has 0 radical (unpaired) electrons. The van der Waals surface area contributed by atoms with Gasteiger partial charge in [0.15, 0.2) is 17.4 Å². The Morgan fingerprint density at radius 3 is 2.53 bits per heavy atom. The zero-order valence-corrected chi connectivity index (χ0v) is 24.7. The number of hydrogen-bond donors (Lipinski definition) is 1. The number of amides is 1. The summed E-state index contributed by atoms with van der Waals surface area (Å²) in [6.07, 6.45) is 4.69. The predicted molar refractivity (Wildman–Crippen MR) is 165 cm³/mol. The molecule has 43 heavy (non-hydrogen) atoms. The number of phenolic OH excluding ortho intramolecular Hbond substituents is 1. The van der Waals surface area contributed by atoms with Gasteiger partial charge in [-0.15, -0.1) is 0 Å². The van der Waals surface area contributed by atoms with Crippen LogP contribution in [0.15, 0.2) is 54.6 Å². The summed E-state index contributed by atoms with van der Waals surface area (Å²) >= 11 is 0. The highest BCUT2D eigenvalue weighted by atomic mass is 19.1. The average Bonchev–Trinajstić information content (AvgIpc) is 3.42. The largest absolute Gasteiger partial charge is 0.505 e. The summed E-state index contributed by atoms with van der Waals surface area (Å²) in [5.41, 5.74) is 5.95. The molecule has 1 saturated heterocycles. The molecule has 8 rings (SSSR count). The van der Waals surface area contributed by atoms with Gasteiger partial charge in [0, 0.05) is 42.6 Å². The number of halogens is 1. The van der Waals surface area contributed by atoms with E-state index in [1.807, 2.05) is 25.2 Å². The number of aryl methyl sites for hydroxylation is 1. The fourth-order valence-corrected chi connectivity index (χ4v) is 7.59. The molecule has 3 fully saturated rings. The number of fused-ring (bicyclic) bond motifs is 4. The number of hydrogen-bond acceptors (Lipinski definition) is 4. The van der Waals surface area contributed by atoms with Crippen molar-refractivity contribution in [2.24, 2.45) is 24.8 Å². The van der Waals surface area contributed by atoms with Gasteiger partial charge < -0.3 is 23.9 Å². The summed E-state index contributed by atoms with van der Waals surface area (Å²) in [5, 5.41) is 11.1. The van der Waals surface area contributed by atoms with Crippen LogP contribution in [0, 0.1) is 23.6 Å². The molecule has 7 nitrogen and oxygen atoms in total. The first-order valence-corrected chi connectivity index (χ1v) is 15.3. The third-order valence-corrected chi connectivity index (χ3v) is 10.2. The molecule has 3 atom stereocenters. The highest BCUT2D eigenvalue weighted by Crippen LogP contribution is 2.44. The van der Waals surface area contributed by atoms with Crippen LogP contribution in [0.25, 0.3) is 44.6 Å². The Hall–Kier alpha value is -4.33. The smallest absolute Gasteiger partial charge is 0.254 e. The monoisotopic (exact) mass is 578 g/mol. The van der Waals surface area contributed by atoms with Crippen LogP contribution in [0.3, 0.4) is 0 Å². The second kappa shape index (κ2) is 9.59. The van der Waals surface area contributed by atoms with Crippen molar-refractivity contribution >= 4 is 27.8 Å². The van der Waals surface area contributed by atoms with E-state index < -0.39 is 5.82 Å². The molecule has 1 N–H and O–H groups in total. The quantitative estimate of drug-likeness (QED) is 0.236. The molecule has 2 unspecified atom stereocenters. The SMILES string of the molecule is COc1cc(C(=O)N2CC3CCC2[C@@H]3C)cc2nc(-c3cc4ccc(-c5ccc(F)c(O)c5)cc4n3CC3CC3)n(C)c12. The van der Waals surface area contributed by atoms with Crippen LogP contribution in [0.4, 0.5) is 4.39 Å². The van der Waals surface area contributed by atoms with Crippen LogP contribution < -0.4 is 4.74 Å². The Morgan fingerprint density at radius 1 is 1.05 bits per heavy atom. The van der Waals surface area contributed by atoms with Gasteiger partial charge in [-0.3, -0.25) is 4.79 Å². The van der Waals surface area contributed by atoms with Crippen molar-refractivity contribution in [2.45, 2.75) is 45.2 Å². The summed E-state index contributed by atoms with van der Waals surface area (Å²) in [5.74, 6) is 2.29. The highest BCUT2D eigenvalue weighted by molar-refractivity contribution is 6.00. The number of nitrogens with zero attached hydrogens (tertiary/aromatic N) is 4. The first-order chi connectivity index (χ1) is 20.8. The number of phenols is 1. The second-order valence-corrected chi connectivity index (χ2v) is 12.8. The number of aromatic hydroxyl groups is 1. The number of rotatable bonds is 6. The Kier molecular flexibility index (Phi) is 5.87. The van der Waals surface area contributed by atoms with Crippen molar-refractivity contribution in [3.63, 3.8) is 0 Å². The molecule has 2 aromatic heterocycles. The van der Waals surface area contributed by atoms with Gasteiger partial charge in [0.05, 0.1) is 18.3 Å². The minimum atomic E-state index is -0.631. The number of carbonyl (C=O) groups is 1. The Morgan fingerprint density at radius 2 is 1.84 bits per heavy atom. The predicted octanol–water partition coefficient (Wildman–Crippen LogP) is 7.00. The lowest BCUT2D eigenvalue weighted by molar-refractivity contribution is 0.0696. The molecule has 1 aliphatic heterocycles. The highest BCUT2D eigenvalue weighted by Gasteiger charge is 2.46. The Labute approximate surface area is 249 Å². The van der Waals surface area contributed by atoms with Crippen LogP contribution in [0.1, 0.15) is 43.0 Å². The van der Waals surface area contributed by atoms with E-state index in [-0.39, 0.29) is 11.7 Å². The van der Waals surface area contributed by atoms with Crippen LogP contribution >= 0.6 is 0 Å². The third kappa shape index (κ3) is 4.13. The zero-order valence-electron chi connectivity index (χ0n) is 24.7. The number of ether oxygens (including phenoxy) is 1. The van der Waals surface area contributed by atoms with Gasteiger partial charge in [0.2, 0.25) is 0 Å². The molecular formula is C35H35FN4O3. The van der Waals surface area contributed by atoms with E-state index in [2.05, 4.69) is 39.2 Å². The first kappa shape index (κ1) is 26.3. The summed E-state index contributed by atoms with van der Waals surface area (Å²) < 4.78 is 24.0. The number of carbonyl (C=O) groups excluding carboxylic acids is 1. The molecule has 5 aromatic rings. The maximum atomic E-state index is 13.8.